The van der Waals surface area contributed by atoms with E-state index in [1.807, 2.05) is 19.1 Å². The molecule has 1 aliphatic heterocycles. The molecule has 0 radical (unpaired) electrons. The van der Waals surface area contributed by atoms with E-state index < -0.39 is 0 Å². The number of nitrogens with one attached hydrogen (secondary N) is 2. The fourth-order valence-electron chi connectivity index (χ4n) is 1.76. The second-order valence-corrected chi connectivity index (χ2v) is 4.39. The summed E-state index contributed by atoms with van der Waals surface area (Å²) < 4.78 is 0. The third-order valence-corrected chi connectivity index (χ3v) is 2.79. The van der Waals surface area contributed by atoms with Gasteiger partial charge in [0.25, 0.3) is 0 Å². The molecule has 0 saturated carbocycles. The van der Waals surface area contributed by atoms with Crippen LogP contribution in [0, 0.1) is 6.92 Å². The fourth-order valence-corrected chi connectivity index (χ4v) is 1.76. The van der Waals surface area contributed by atoms with Crippen LogP contribution in [-0.4, -0.2) is 42.3 Å². The number of carbonyl (C=O) groups excluding carboxylic acids is 3. The Morgan fingerprint density at radius 3 is 2.37 bits per heavy atom. The first-order chi connectivity index (χ1) is 9.06. The van der Waals surface area contributed by atoms with Crippen molar-refractivity contribution >= 4 is 23.4 Å². The van der Waals surface area contributed by atoms with Gasteiger partial charge in [-0.25, -0.2) is 0 Å². The Kier molecular flexibility index (Phi) is 3.91. The molecular weight excluding hydrogens is 246 g/mol. The highest BCUT2D eigenvalue weighted by Crippen LogP contribution is 2.08. The molecule has 0 bridgehead atoms. The summed E-state index contributed by atoms with van der Waals surface area (Å²) in [5.41, 5.74) is 1.73. The zero-order chi connectivity index (χ0) is 13.8. The normalized spacial score (nSPS) is 15.5. The molecule has 3 amide bonds. The van der Waals surface area contributed by atoms with Gasteiger partial charge in [0, 0.05) is 5.69 Å². The molecule has 1 aromatic carbocycles. The Morgan fingerprint density at radius 2 is 1.79 bits per heavy atom. The van der Waals surface area contributed by atoms with Gasteiger partial charge in [-0.2, -0.15) is 0 Å². The summed E-state index contributed by atoms with van der Waals surface area (Å²) >= 11 is 0. The van der Waals surface area contributed by atoms with E-state index in [4.69, 9.17) is 0 Å². The Hall–Kier alpha value is -2.21. The van der Waals surface area contributed by atoms with Crippen LogP contribution in [0.2, 0.25) is 0 Å². The quantitative estimate of drug-likeness (QED) is 0.744. The summed E-state index contributed by atoms with van der Waals surface area (Å²) in [7, 11) is 0. The van der Waals surface area contributed by atoms with Crippen molar-refractivity contribution in [2.45, 2.75) is 6.92 Å². The van der Waals surface area contributed by atoms with Crippen molar-refractivity contribution in [3.8, 4) is 0 Å². The molecule has 6 nitrogen and oxygen atoms in total. The van der Waals surface area contributed by atoms with Crippen LogP contribution >= 0.6 is 0 Å². The summed E-state index contributed by atoms with van der Waals surface area (Å²) in [6, 6.07) is 7.29. The zero-order valence-electron chi connectivity index (χ0n) is 10.6. The maximum Gasteiger partial charge on any atom is 0.244 e. The Bertz CT molecular complexity index is 494. The predicted molar refractivity (Wildman–Crippen MR) is 69.4 cm³/mol. The minimum Gasteiger partial charge on any atom is -0.325 e. The van der Waals surface area contributed by atoms with E-state index >= 15 is 0 Å². The van der Waals surface area contributed by atoms with Gasteiger partial charge in [0.05, 0.1) is 13.1 Å². The second kappa shape index (κ2) is 5.62. The number of anilines is 1. The largest absolute Gasteiger partial charge is 0.325 e. The smallest absolute Gasteiger partial charge is 0.244 e. The summed E-state index contributed by atoms with van der Waals surface area (Å²) in [5, 5.41) is 5.32. The number of aryl methyl sites for hydroxylation is 1. The SMILES string of the molecule is Cc1ccc(NC(=O)CN2C(=O)CNCC2=O)cc1. The third kappa shape index (κ3) is 3.38. The minimum atomic E-state index is -0.382. The second-order valence-electron chi connectivity index (χ2n) is 4.39. The number of benzene rings is 1. The third-order valence-electron chi connectivity index (χ3n) is 2.79. The number of amides is 3. The highest BCUT2D eigenvalue weighted by molar-refractivity contribution is 6.04. The van der Waals surface area contributed by atoms with Gasteiger partial charge < -0.3 is 5.32 Å². The highest BCUT2D eigenvalue weighted by atomic mass is 16.2. The van der Waals surface area contributed by atoms with E-state index in [0.717, 1.165) is 10.5 Å². The van der Waals surface area contributed by atoms with Crippen molar-refractivity contribution in [2.24, 2.45) is 0 Å². The first kappa shape index (κ1) is 13.2. The van der Waals surface area contributed by atoms with Gasteiger partial charge in [0.2, 0.25) is 17.7 Å². The monoisotopic (exact) mass is 261 g/mol. The summed E-state index contributed by atoms with van der Waals surface area (Å²) in [6.45, 7) is 1.88. The van der Waals surface area contributed by atoms with E-state index in [9.17, 15) is 14.4 Å². The molecule has 0 aromatic heterocycles. The van der Waals surface area contributed by atoms with Gasteiger partial charge in [-0.05, 0) is 19.1 Å². The summed E-state index contributed by atoms with van der Waals surface area (Å²) in [4.78, 5) is 35.8. The molecule has 1 fully saturated rings. The number of rotatable bonds is 3. The summed E-state index contributed by atoms with van der Waals surface area (Å²) in [6.07, 6.45) is 0. The standard InChI is InChI=1S/C13H15N3O3/c1-9-2-4-10(5-3-9)15-11(17)8-16-12(18)6-14-7-13(16)19/h2-5,14H,6-8H2,1H3,(H,15,17). The van der Waals surface area contributed by atoms with Crippen LogP contribution in [0.15, 0.2) is 24.3 Å². The van der Waals surface area contributed by atoms with Crippen LogP contribution < -0.4 is 10.6 Å². The number of hydrogen-bond donors (Lipinski definition) is 2. The van der Waals surface area contributed by atoms with E-state index in [0.29, 0.717) is 5.69 Å². The topological polar surface area (TPSA) is 78.5 Å². The van der Waals surface area contributed by atoms with Crippen molar-refractivity contribution < 1.29 is 14.4 Å². The molecule has 1 saturated heterocycles. The molecule has 2 N–H and O–H groups in total. The van der Waals surface area contributed by atoms with Crippen LogP contribution in [0.3, 0.4) is 0 Å². The van der Waals surface area contributed by atoms with Crippen molar-refractivity contribution in [2.75, 3.05) is 25.0 Å². The average Bonchev–Trinajstić information content (AvgIpc) is 2.37. The molecule has 1 aromatic rings. The molecule has 1 heterocycles. The van der Waals surface area contributed by atoms with Crippen molar-refractivity contribution in [3.63, 3.8) is 0 Å². The molecule has 2 rings (SSSR count). The van der Waals surface area contributed by atoms with Crippen molar-refractivity contribution in [3.05, 3.63) is 29.8 Å². The number of nitrogens with zero attached hydrogens (tertiary/aromatic N) is 1. The average molecular weight is 261 g/mol. The molecule has 6 heteroatoms. The van der Waals surface area contributed by atoms with Crippen LogP contribution in [0.4, 0.5) is 5.69 Å². The zero-order valence-corrected chi connectivity index (χ0v) is 10.6. The van der Waals surface area contributed by atoms with E-state index in [2.05, 4.69) is 10.6 Å². The van der Waals surface area contributed by atoms with Crippen LogP contribution in [0.1, 0.15) is 5.56 Å². The van der Waals surface area contributed by atoms with Gasteiger partial charge >= 0.3 is 0 Å². The van der Waals surface area contributed by atoms with Crippen molar-refractivity contribution in [1.29, 1.82) is 0 Å². The van der Waals surface area contributed by atoms with Gasteiger partial charge in [-0.3, -0.25) is 24.6 Å². The molecule has 0 spiro atoms. The maximum atomic E-state index is 11.8. The van der Waals surface area contributed by atoms with Crippen molar-refractivity contribution in [1.82, 2.24) is 10.2 Å². The molecule has 100 valence electrons. The molecule has 0 aliphatic carbocycles. The molecule has 0 unspecified atom stereocenters. The van der Waals surface area contributed by atoms with Crippen LogP contribution in [0.25, 0.3) is 0 Å². The van der Waals surface area contributed by atoms with Gasteiger partial charge in [-0.15, -0.1) is 0 Å². The first-order valence-electron chi connectivity index (χ1n) is 5.96. The Morgan fingerprint density at radius 1 is 1.21 bits per heavy atom. The Labute approximate surface area is 110 Å². The summed E-state index contributed by atoms with van der Waals surface area (Å²) in [5.74, 6) is -1.14. The number of carbonyl (C=O) groups is 3. The lowest BCUT2D eigenvalue weighted by Crippen LogP contribution is -2.54. The lowest BCUT2D eigenvalue weighted by atomic mass is 10.2. The predicted octanol–water partition coefficient (Wildman–Crippen LogP) is -0.108. The van der Waals surface area contributed by atoms with Gasteiger partial charge in [0.1, 0.15) is 6.54 Å². The van der Waals surface area contributed by atoms with Crippen LogP contribution in [-0.2, 0) is 14.4 Å². The fraction of sp³-hybridized carbons (Fsp3) is 0.308. The first-order valence-corrected chi connectivity index (χ1v) is 5.96. The molecule has 1 aliphatic rings. The van der Waals surface area contributed by atoms with E-state index in [1.165, 1.54) is 0 Å². The lowest BCUT2D eigenvalue weighted by Gasteiger charge is -2.24. The number of hydrogen-bond acceptors (Lipinski definition) is 4. The van der Waals surface area contributed by atoms with Gasteiger partial charge in [0.15, 0.2) is 0 Å². The lowest BCUT2D eigenvalue weighted by molar-refractivity contribution is -0.148. The molecular formula is C13H15N3O3. The Balaban J connectivity index is 1.95. The number of imide groups is 1. The highest BCUT2D eigenvalue weighted by Gasteiger charge is 2.27. The minimum absolute atomic E-state index is 0.0869. The molecule has 0 atom stereocenters. The van der Waals surface area contributed by atoms with Crippen LogP contribution in [0.5, 0.6) is 0 Å². The molecule has 19 heavy (non-hydrogen) atoms. The maximum absolute atomic E-state index is 11.8. The van der Waals surface area contributed by atoms with E-state index in [-0.39, 0.29) is 37.4 Å². The van der Waals surface area contributed by atoms with E-state index in [1.54, 1.807) is 12.1 Å². The number of piperazine rings is 1. The van der Waals surface area contributed by atoms with Gasteiger partial charge in [-0.1, -0.05) is 17.7 Å².